The van der Waals surface area contributed by atoms with Crippen molar-refractivity contribution in [3.8, 4) is 0 Å². The molecule has 110 valence electrons. The van der Waals surface area contributed by atoms with Crippen molar-refractivity contribution < 1.29 is 0 Å². The number of nitrogens with one attached hydrogen (secondary N) is 1. The van der Waals surface area contributed by atoms with Gasteiger partial charge in [0.25, 0.3) is 0 Å². The van der Waals surface area contributed by atoms with Crippen LogP contribution in [-0.2, 0) is 0 Å². The first-order valence-electron chi connectivity index (χ1n) is 7.62. The van der Waals surface area contributed by atoms with Gasteiger partial charge in [-0.3, -0.25) is 0 Å². The van der Waals surface area contributed by atoms with E-state index in [4.69, 9.17) is 0 Å². The minimum absolute atomic E-state index is 0.218. The molecule has 2 aromatic rings. The molecule has 1 fully saturated rings. The smallest absolute Gasteiger partial charge is 0.0714 e. The summed E-state index contributed by atoms with van der Waals surface area (Å²) in [7, 11) is 2.18. The summed E-state index contributed by atoms with van der Waals surface area (Å²) < 4.78 is 0. The van der Waals surface area contributed by atoms with Crippen LogP contribution in [0.4, 0.5) is 0 Å². The molecular weight excluding hydrogens is 258 g/mol. The van der Waals surface area contributed by atoms with Crippen LogP contribution >= 0.6 is 0 Å². The summed E-state index contributed by atoms with van der Waals surface area (Å²) in [6.45, 7) is 4.35. The molecule has 1 aliphatic rings. The van der Waals surface area contributed by atoms with Crippen molar-refractivity contribution in [2.24, 2.45) is 0 Å². The van der Waals surface area contributed by atoms with Gasteiger partial charge in [0.1, 0.15) is 0 Å². The highest BCUT2D eigenvalue weighted by atomic mass is 15.5. The van der Waals surface area contributed by atoms with E-state index in [2.05, 4.69) is 83.0 Å². The maximum Gasteiger partial charge on any atom is 0.0714 e. The lowest BCUT2D eigenvalue weighted by Crippen LogP contribution is -2.51. The Morgan fingerprint density at radius 3 is 1.71 bits per heavy atom. The van der Waals surface area contributed by atoms with Gasteiger partial charge < -0.3 is 4.90 Å². The predicted octanol–water partition coefficient (Wildman–Crippen LogP) is 2.53. The van der Waals surface area contributed by atoms with Gasteiger partial charge in [0.05, 0.1) is 6.04 Å². The maximum atomic E-state index is 3.72. The fourth-order valence-corrected chi connectivity index (χ4v) is 2.75. The molecule has 0 amide bonds. The van der Waals surface area contributed by atoms with E-state index in [1.165, 1.54) is 11.1 Å². The molecule has 0 radical (unpaired) electrons. The Labute approximate surface area is 127 Å². The summed E-state index contributed by atoms with van der Waals surface area (Å²) in [5, 5.41) is 2.35. The Morgan fingerprint density at radius 2 is 1.24 bits per heavy atom. The zero-order chi connectivity index (χ0) is 14.5. The van der Waals surface area contributed by atoms with Crippen molar-refractivity contribution in [3.63, 3.8) is 0 Å². The summed E-state index contributed by atoms with van der Waals surface area (Å²) in [6.07, 6.45) is 0. The third-order valence-corrected chi connectivity index (χ3v) is 4.08. The minimum Gasteiger partial charge on any atom is -0.304 e. The minimum atomic E-state index is 0.218. The lowest BCUT2D eigenvalue weighted by molar-refractivity contribution is 0.0933. The third kappa shape index (κ3) is 3.70. The number of nitrogens with zero attached hydrogens (tertiary/aromatic N) is 2. The molecular formula is C18H23N3. The van der Waals surface area contributed by atoms with Crippen molar-refractivity contribution in [3.05, 3.63) is 71.8 Å². The van der Waals surface area contributed by atoms with Gasteiger partial charge >= 0.3 is 0 Å². The van der Waals surface area contributed by atoms with Crippen LogP contribution in [0, 0.1) is 0 Å². The monoisotopic (exact) mass is 281 g/mol. The first kappa shape index (κ1) is 14.3. The number of hydrogen-bond acceptors (Lipinski definition) is 3. The van der Waals surface area contributed by atoms with Crippen LogP contribution < -0.4 is 5.43 Å². The van der Waals surface area contributed by atoms with Crippen molar-refractivity contribution in [1.82, 2.24) is 15.3 Å². The molecule has 1 heterocycles. The fraction of sp³-hybridized carbons (Fsp3) is 0.333. The van der Waals surface area contributed by atoms with Crippen LogP contribution in [0.5, 0.6) is 0 Å². The molecule has 2 aromatic carbocycles. The normalized spacial score (nSPS) is 17.2. The zero-order valence-corrected chi connectivity index (χ0v) is 12.6. The quantitative estimate of drug-likeness (QED) is 0.929. The Bertz CT molecular complexity index is 493. The van der Waals surface area contributed by atoms with Gasteiger partial charge in [0.2, 0.25) is 0 Å². The molecule has 0 aliphatic carbocycles. The second kappa shape index (κ2) is 6.85. The van der Waals surface area contributed by atoms with Crippen molar-refractivity contribution >= 4 is 0 Å². The van der Waals surface area contributed by atoms with Crippen LogP contribution in [0.1, 0.15) is 17.2 Å². The Kier molecular flexibility index (Phi) is 4.65. The van der Waals surface area contributed by atoms with E-state index >= 15 is 0 Å². The lowest BCUT2D eigenvalue weighted by atomic mass is 9.99. The molecule has 0 aromatic heterocycles. The highest BCUT2D eigenvalue weighted by Crippen LogP contribution is 2.22. The number of hydrazine groups is 1. The Morgan fingerprint density at radius 1 is 0.762 bits per heavy atom. The van der Waals surface area contributed by atoms with Crippen LogP contribution in [0.25, 0.3) is 0 Å². The van der Waals surface area contributed by atoms with Gasteiger partial charge in [-0.15, -0.1) is 0 Å². The van der Waals surface area contributed by atoms with Crippen molar-refractivity contribution in [2.75, 3.05) is 33.2 Å². The predicted molar refractivity (Wildman–Crippen MR) is 86.9 cm³/mol. The van der Waals surface area contributed by atoms with E-state index in [1.807, 2.05) is 0 Å². The lowest BCUT2D eigenvalue weighted by Gasteiger charge is -2.35. The van der Waals surface area contributed by atoms with Crippen LogP contribution in [0.15, 0.2) is 60.7 Å². The number of benzene rings is 2. The van der Waals surface area contributed by atoms with E-state index in [1.54, 1.807) is 0 Å². The second-order valence-corrected chi connectivity index (χ2v) is 5.67. The molecule has 3 rings (SSSR count). The third-order valence-electron chi connectivity index (χ3n) is 4.08. The highest BCUT2D eigenvalue weighted by Gasteiger charge is 2.19. The van der Waals surface area contributed by atoms with Crippen LogP contribution in [0.3, 0.4) is 0 Å². The fourth-order valence-electron chi connectivity index (χ4n) is 2.75. The number of rotatable bonds is 4. The van der Waals surface area contributed by atoms with Gasteiger partial charge in [-0.25, -0.2) is 10.4 Å². The molecule has 3 heteroatoms. The second-order valence-electron chi connectivity index (χ2n) is 5.67. The highest BCUT2D eigenvalue weighted by molar-refractivity contribution is 5.31. The Hall–Kier alpha value is -1.68. The SMILES string of the molecule is CN1CCN(NC(c2ccccc2)c2ccccc2)CC1. The number of likely N-dealkylation sites (N-methyl/N-ethyl adjacent to an activating group) is 1. The molecule has 0 saturated carbocycles. The number of hydrogen-bond donors (Lipinski definition) is 1. The standard InChI is InChI=1S/C18H23N3/c1-20-12-14-21(15-13-20)19-18(16-8-4-2-5-9-16)17-10-6-3-7-11-17/h2-11,18-19H,12-15H2,1H3. The molecule has 3 nitrogen and oxygen atoms in total. The van der Waals surface area contributed by atoms with E-state index in [9.17, 15) is 0 Å². The molecule has 0 spiro atoms. The number of piperazine rings is 1. The first-order chi connectivity index (χ1) is 10.3. The molecule has 0 atom stereocenters. The summed E-state index contributed by atoms with van der Waals surface area (Å²) in [5.74, 6) is 0. The topological polar surface area (TPSA) is 18.5 Å². The average molecular weight is 281 g/mol. The van der Waals surface area contributed by atoms with Crippen molar-refractivity contribution in [2.45, 2.75) is 6.04 Å². The summed E-state index contributed by atoms with van der Waals surface area (Å²) in [6, 6.07) is 21.6. The molecule has 1 aliphatic heterocycles. The van der Waals surface area contributed by atoms with E-state index in [0.29, 0.717) is 0 Å². The van der Waals surface area contributed by atoms with Crippen LogP contribution in [0.2, 0.25) is 0 Å². The maximum absolute atomic E-state index is 3.72. The van der Waals surface area contributed by atoms with Gasteiger partial charge in [-0.05, 0) is 18.2 Å². The van der Waals surface area contributed by atoms with E-state index in [0.717, 1.165) is 26.2 Å². The first-order valence-corrected chi connectivity index (χ1v) is 7.62. The van der Waals surface area contributed by atoms with Gasteiger partial charge in [0, 0.05) is 26.2 Å². The van der Waals surface area contributed by atoms with Gasteiger partial charge in [0.15, 0.2) is 0 Å². The van der Waals surface area contributed by atoms with Crippen LogP contribution in [-0.4, -0.2) is 43.1 Å². The van der Waals surface area contributed by atoms with Gasteiger partial charge in [-0.1, -0.05) is 60.7 Å². The molecule has 1 saturated heterocycles. The molecule has 1 N–H and O–H groups in total. The zero-order valence-electron chi connectivity index (χ0n) is 12.6. The molecule has 0 unspecified atom stereocenters. The molecule has 0 bridgehead atoms. The summed E-state index contributed by atoms with van der Waals surface area (Å²) in [4.78, 5) is 2.37. The summed E-state index contributed by atoms with van der Waals surface area (Å²) in [5.41, 5.74) is 6.33. The Balaban J connectivity index is 1.80. The van der Waals surface area contributed by atoms with E-state index < -0.39 is 0 Å². The largest absolute Gasteiger partial charge is 0.304 e. The summed E-state index contributed by atoms with van der Waals surface area (Å²) >= 11 is 0. The average Bonchev–Trinajstić information content (AvgIpc) is 2.56. The van der Waals surface area contributed by atoms with E-state index in [-0.39, 0.29) is 6.04 Å². The van der Waals surface area contributed by atoms with Gasteiger partial charge in [-0.2, -0.15) is 0 Å². The van der Waals surface area contributed by atoms with Crippen molar-refractivity contribution in [1.29, 1.82) is 0 Å². The molecule has 21 heavy (non-hydrogen) atoms.